The Balaban J connectivity index is 1.59. The minimum atomic E-state index is -3.60. The van der Waals surface area contributed by atoms with Crippen LogP contribution in [0.1, 0.15) is 47.2 Å². The Kier molecular flexibility index (Phi) is 5.75. The molecule has 1 amide bonds. The van der Waals surface area contributed by atoms with Crippen LogP contribution in [0.3, 0.4) is 0 Å². The van der Waals surface area contributed by atoms with Crippen LogP contribution in [0, 0.1) is 18.6 Å². The number of alkyl halides is 2. The molecule has 4 rings (SSSR count). The van der Waals surface area contributed by atoms with Crippen molar-refractivity contribution in [3.63, 3.8) is 0 Å². The summed E-state index contributed by atoms with van der Waals surface area (Å²) >= 11 is 0. The molecule has 0 radical (unpaired) electrons. The molecular weight excluding hydrogens is 424 g/mol. The highest BCUT2D eigenvalue weighted by molar-refractivity contribution is 6.04. The number of allylic oxidation sites excluding steroid dienone is 1. The van der Waals surface area contributed by atoms with Gasteiger partial charge in [0.2, 0.25) is 0 Å². The lowest BCUT2D eigenvalue weighted by Crippen LogP contribution is -2.47. The predicted octanol–water partition coefficient (Wildman–Crippen LogP) is 5.12. The van der Waals surface area contributed by atoms with E-state index in [0.29, 0.717) is 37.3 Å². The van der Waals surface area contributed by atoms with Crippen LogP contribution < -0.4 is 5.32 Å². The van der Waals surface area contributed by atoms with Crippen LogP contribution in [0.2, 0.25) is 0 Å². The van der Waals surface area contributed by atoms with E-state index in [1.807, 2.05) is 0 Å². The predicted molar refractivity (Wildman–Crippen MR) is 112 cm³/mol. The number of nitrogens with one attached hydrogen (secondary N) is 1. The molecule has 0 aromatic heterocycles. The molecule has 2 aromatic rings. The fourth-order valence-corrected chi connectivity index (χ4v) is 4.75. The Morgan fingerprint density at radius 3 is 2.41 bits per heavy atom. The van der Waals surface area contributed by atoms with Crippen molar-refractivity contribution in [2.75, 3.05) is 5.32 Å². The number of carbonyl (C=O) groups is 1. The lowest BCUT2D eigenvalue weighted by Gasteiger charge is -2.42. The van der Waals surface area contributed by atoms with Gasteiger partial charge in [-0.05, 0) is 74.6 Å². The third-order valence-electron chi connectivity index (χ3n) is 6.32. The first-order valence-corrected chi connectivity index (χ1v) is 10.5. The minimum absolute atomic E-state index is 0.236. The van der Waals surface area contributed by atoms with E-state index in [1.165, 1.54) is 25.1 Å². The Hall–Kier alpha value is -2.87. The molecule has 8 heteroatoms. The molecule has 2 bridgehead atoms. The van der Waals surface area contributed by atoms with Crippen LogP contribution >= 0.6 is 0 Å². The molecule has 2 aliphatic heterocycles. The second-order valence-corrected chi connectivity index (χ2v) is 8.59. The average Bonchev–Trinajstić information content (AvgIpc) is 3.00. The van der Waals surface area contributed by atoms with Gasteiger partial charge in [0.15, 0.2) is 0 Å². The number of benzene rings is 2. The van der Waals surface area contributed by atoms with E-state index in [2.05, 4.69) is 11.9 Å². The summed E-state index contributed by atoms with van der Waals surface area (Å²) in [5.74, 6) is -5.83. The number of carbonyl (C=O) groups excluding carboxylic acids is 1. The quantitative estimate of drug-likeness (QED) is 0.625. The van der Waals surface area contributed by atoms with Gasteiger partial charge in [0.25, 0.3) is 5.91 Å². The number of nitrogens with zero attached hydrogens (tertiary/aromatic N) is 1. The molecule has 170 valence electrons. The zero-order chi connectivity index (χ0) is 23.2. The van der Waals surface area contributed by atoms with Crippen LogP contribution in [0.5, 0.6) is 0 Å². The zero-order valence-electron chi connectivity index (χ0n) is 17.5. The summed E-state index contributed by atoms with van der Waals surface area (Å²) in [6.07, 6.45) is 1.62. The Labute approximate surface area is 183 Å². The Morgan fingerprint density at radius 1 is 1.12 bits per heavy atom. The van der Waals surface area contributed by atoms with Gasteiger partial charge in [-0.25, -0.2) is 8.78 Å². The van der Waals surface area contributed by atoms with Crippen molar-refractivity contribution in [1.82, 2.24) is 4.90 Å². The molecule has 2 heterocycles. The van der Waals surface area contributed by atoms with E-state index in [0.717, 1.165) is 12.1 Å². The first-order chi connectivity index (χ1) is 15.1. The van der Waals surface area contributed by atoms with E-state index in [-0.39, 0.29) is 23.3 Å². The number of hydrogen-bond acceptors (Lipinski definition) is 3. The lowest BCUT2D eigenvalue weighted by molar-refractivity contribution is -0.0260. The largest absolute Gasteiger partial charge is 0.393 e. The van der Waals surface area contributed by atoms with Crippen LogP contribution in [-0.2, 0) is 5.92 Å². The maximum Gasteiger partial charge on any atom is 0.312 e. The number of fused-ring (bicyclic) bond motifs is 2. The lowest BCUT2D eigenvalue weighted by atomic mass is 9.95. The van der Waals surface area contributed by atoms with Crippen molar-refractivity contribution in [1.29, 1.82) is 0 Å². The fourth-order valence-electron chi connectivity index (χ4n) is 4.75. The summed E-state index contributed by atoms with van der Waals surface area (Å²) in [6.45, 7) is 5.14. The molecule has 2 fully saturated rings. The topological polar surface area (TPSA) is 52.6 Å². The fraction of sp³-hybridized carbons (Fsp3) is 0.375. The summed E-state index contributed by atoms with van der Waals surface area (Å²) in [6, 6.07) is 5.94. The molecule has 0 saturated carbocycles. The minimum Gasteiger partial charge on any atom is -0.393 e. The van der Waals surface area contributed by atoms with Crippen molar-refractivity contribution in [2.45, 2.75) is 56.7 Å². The first-order valence-electron chi connectivity index (χ1n) is 10.5. The number of piperidine rings is 1. The number of aliphatic hydroxyl groups is 1. The molecular formula is C24H24F4N2O2. The molecule has 1 unspecified atom stereocenters. The maximum absolute atomic E-state index is 15.4. The third kappa shape index (κ3) is 4.11. The number of rotatable bonds is 5. The maximum atomic E-state index is 15.4. The smallest absolute Gasteiger partial charge is 0.312 e. The molecule has 2 aromatic carbocycles. The first kappa shape index (κ1) is 22.3. The molecule has 2 N–H and O–H groups in total. The standard InChI is InChI=1S/C24H24F4N2O2/c1-13-7-18(3-6-22(13)26)29-23(32)15-8-16(10-17(25)9-15)24(27,28)14(2)30-19-4-5-20(30)12-21(31)11-19/h3,6-10,19-21,31H,2,4-5,11-12H2,1H3,(H,29,32)/t19-,20+,21?. The molecule has 2 aliphatic rings. The van der Waals surface area contributed by atoms with Gasteiger partial charge in [0, 0.05) is 28.9 Å². The summed E-state index contributed by atoms with van der Waals surface area (Å²) in [5, 5.41) is 12.4. The van der Waals surface area contributed by atoms with Crippen molar-refractivity contribution in [2.24, 2.45) is 0 Å². The molecule has 3 atom stereocenters. The summed E-state index contributed by atoms with van der Waals surface area (Å²) < 4.78 is 58.5. The van der Waals surface area contributed by atoms with Crippen LogP contribution in [0.4, 0.5) is 23.2 Å². The SMILES string of the molecule is C=C(N1[C@@H]2CC[C@H]1CC(O)C2)C(F)(F)c1cc(F)cc(C(=O)Nc2ccc(F)c(C)c2)c1. The highest BCUT2D eigenvalue weighted by Crippen LogP contribution is 2.45. The van der Waals surface area contributed by atoms with Gasteiger partial charge in [-0.2, -0.15) is 8.78 Å². The highest BCUT2D eigenvalue weighted by Gasteiger charge is 2.48. The van der Waals surface area contributed by atoms with Crippen molar-refractivity contribution >= 4 is 11.6 Å². The summed E-state index contributed by atoms with van der Waals surface area (Å²) in [4.78, 5) is 14.1. The van der Waals surface area contributed by atoms with Gasteiger partial charge in [-0.3, -0.25) is 4.79 Å². The summed E-state index contributed by atoms with van der Waals surface area (Å²) in [5.41, 5.74) is -0.853. The van der Waals surface area contributed by atoms with Gasteiger partial charge in [-0.1, -0.05) is 6.58 Å². The average molecular weight is 448 g/mol. The van der Waals surface area contributed by atoms with Crippen LogP contribution in [0.15, 0.2) is 48.7 Å². The van der Waals surface area contributed by atoms with Crippen molar-refractivity contribution < 1.29 is 27.5 Å². The molecule has 0 spiro atoms. The van der Waals surface area contributed by atoms with Crippen molar-refractivity contribution in [3.05, 3.63) is 77.0 Å². The van der Waals surface area contributed by atoms with E-state index >= 15 is 8.78 Å². The van der Waals surface area contributed by atoms with Crippen LogP contribution in [-0.4, -0.2) is 34.1 Å². The second kappa shape index (κ2) is 8.24. The van der Waals surface area contributed by atoms with Crippen molar-refractivity contribution in [3.8, 4) is 0 Å². The third-order valence-corrected chi connectivity index (χ3v) is 6.32. The Morgan fingerprint density at radius 2 is 1.78 bits per heavy atom. The number of anilines is 1. The second-order valence-electron chi connectivity index (χ2n) is 8.59. The number of hydrogen-bond donors (Lipinski definition) is 2. The van der Waals surface area contributed by atoms with E-state index in [9.17, 15) is 18.7 Å². The Bertz CT molecular complexity index is 1060. The van der Waals surface area contributed by atoms with Gasteiger partial charge in [0.1, 0.15) is 11.6 Å². The number of aliphatic hydroxyl groups excluding tert-OH is 1. The van der Waals surface area contributed by atoms with Gasteiger partial charge >= 0.3 is 5.92 Å². The normalized spacial score (nSPS) is 22.7. The van der Waals surface area contributed by atoms with E-state index in [4.69, 9.17) is 0 Å². The van der Waals surface area contributed by atoms with Gasteiger partial charge in [-0.15, -0.1) is 0 Å². The van der Waals surface area contributed by atoms with E-state index < -0.39 is 40.8 Å². The number of aryl methyl sites for hydroxylation is 1. The molecule has 0 aliphatic carbocycles. The number of halogens is 4. The highest BCUT2D eigenvalue weighted by atomic mass is 19.3. The summed E-state index contributed by atoms with van der Waals surface area (Å²) in [7, 11) is 0. The molecule has 2 saturated heterocycles. The molecule has 4 nitrogen and oxygen atoms in total. The zero-order valence-corrected chi connectivity index (χ0v) is 17.5. The van der Waals surface area contributed by atoms with Gasteiger partial charge in [0.05, 0.1) is 11.8 Å². The molecule has 32 heavy (non-hydrogen) atoms. The monoisotopic (exact) mass is 448 g/mol. The van der Waals surface area contributed by atoms with E-state index in [1.54, 1.807) is 4.90 Å². The van der Waals surface area contributed by atoms with Gasteiger partial charge < -0.3 is 15.3 Å². The number of amides is 1. The van der Waals surface area contributed by atoms with Crippen LogP contribution in [0.25, 0.3) is 0 Å².